The van der Waals surface area contributed by atoms with Crippen molar-refractivity contribution in [3.8, 4) is 0 Å². The second-order valence-electron chi connectivity index (χ2n) is 4.80. The molecule has 0 aromatic carbocycles. The van der Waals surface area contributed by atoms with Gasteiger partial charge in [-0.1, -0.05) is 6.07 Å². The van der Waals surface area contributed by atoms with E-state index in [-0.39, 0.29) is 0 Å². The molecule has 98 valence electrons. The molecule has 0 saturated heterocycles. The van der Waals surface area contributed by atoms with Gasteiger partial charge in [0, 0.05) is 29.7 Å². The second-order valence-corrected chi connectivity index (χ2v) is 4.80. The molecular weight excluding hydrogens is 236 g/mol. The molecule has 0 saturated carbocycles. The Bertz CT molecular complexity index is 566. The molecule has 2 aromatic heterocycles. The number of aromatic nitrogens is 3. The van der Waals surface area contributed by atoms with Gasteiger partial charge in [-0.15, -0.1) is 0 Å². The molecular formula is C15H18N4. The van der Waals surface area contributed by atoms with Crippen LogP contribution < -0.4 is 5.32 Å². The van der Waals surface area contributed by atoms with E-state index >= 15 is 0 Å². The predicted octanol–water partition coefficient (Wildman–Crippen LogP) is 2.38. The van der Waals surface area contributed by atoms with Crippen LogP contribution in [0.1, 0.15) is 36.1 Å². The first-order valence-corrected chi connectivity index (χ1v) is 6.89. The topological polar surface area (TPSA) is 50.7 Å². The fourth-order valence-corrected chi connectivity index (χ4v) is 2.54. The Balaban J connectivity index is 1.92. The molecule has 1 N–H and O–H groups in total. The summed E-state index contributed by atoms with van der Waals surface area (Å²) in [6.45, 7) is 2.99. The van der Waals surface area contributed by atoms with Crippen LogP contribution in [0, 0.1) is 0 Å². The minimum absolute atomic E-state index is 0.701. The third-order valence-corrected chi connectivity index (χ3v) is 3.39. The summed E-state index contributed by atoms with van der Waals surface area (Å²) in [7, 11) is 0. The van der Waals surface area contributed by atoms with Crippen LogP contribution in [0.2, 0.25) is 0 Å². The number of nitrogens with zero attached hydrogens (tertiary/aromatic N) is 3. The molecule has 4 heteroatoms. The van der Waals surface area contributed by atoms with Gasteiger partial charge < -0.3 is 5.32 Å². The van der Waals surface area contributed by atoms with Crippen LogP contribution in [0.15, 0.2) is 24.4 Å². The van der Waals surface area contributed by atoms with Gasteiger partial charge >= 0.3 is 0 Å². The quantitative estimate of drug-likeness (QED) is 0.910. The Morgan fingerprint density at radius 1 is 1.21 bits per heavy atom. The Morgan fingerprint density at radius 3 is 2.95 bits per heavy atom. The van der Waals surface area contributed by atoms with Crippen molar-refractivity contribution in [2.45, 2.75) is 32.6 Å². The molecule has 0 aliphatic heterocycles. The van der Waals surface area contributed by atoms with E-state index in [2.05, 4.69) is 22.2 Å². The lowest BCUT2D eigenvalue weighted by molar-refractivity contribution is 0.878. The maximum atomic E-state index is 4.70. The molecule has 0 spiro atoms. The Labute approximate surface area is 113 Å². The van der Waals surface area contributed by atoms with Crippen LogP contribution in [0.25, 0.3) is 0 Å². The SMILES string of the molecule is CCNc1nc(Cc2ccccn2)nc2c1CCC2. The summed E-state index contributed by atoms with van der Waals surface area (Å²) in [5.74, 6) is 1.89. The summed E-state index contributed by atoms with van der Waals surface area (Å²) in [4.78, 5) is 13.7. The van der Waals surface area contributed by atoms with E-state index in [9.17, 15) is 0 Å². The lowest BCUT2D eigenvalue weighted by Crippen LogP contribution is -2.09. The number of pyridine rings is 1. The van der Waals surface area contributed by atoms with Crippen LogP contribution >= 0.6 is 0 Å². The molecule has 4 nitrogen and oxygen atoms in total. The zero-order valence-corrected chi connectivity index (χ0v) is 11.2. The Kier molecular flexibility index (Phi) is 3.40. The summed E-state index contributed by atoms with van der Waals surface area (Å²) in [5.41, 5.74) is 3.55. The highest BCUT2D eigenvalue weighted by molar-refractivity contribution is 5.49. The highest BCUT2D eigenvalue weighted by Gasteiger charge is 2.19. The minimum Gasteiger partial charge on any atom is -0.370 e. The van der Waals surface area contributed by atoms with Gasteiger partial charge in [0.1, 0.15) is 11.6 Å². The van der Waals surface area contributed by atoms with Gasteiger partial charge in [0.15, 0.2) is 0 Å². The van der Waals surface area contributed by atoms with Gasteiger partial charge in [-0.2, -0.15) is 0 Å². The molecule has 0 atom stereocenters. The molecule has 0 fully saturated rings. The lowest BCUT2D eigenvalue weighted by Gasteiger charge is -2.10. The normalized spacial score (nSPS) is 13.3. The molecule has 19 heavy (non-hydrogen) atoms. The standard InChI is InChI=1S/C15H18N4/c1-2-16-15-12-7-5-8-13(12)18-14(19-15)10-11-6-3-4-9-17-11/h3-4,6,9H,2,5,7-8,10H2,1H3,(H,16,18,19). The first kappa shape index (κ1) is 12.1. The minimum atomic E-state index is 0.701. The smallest absolute Gasteiger partial charge is 0.136 e. The third kappa shape index (κ3) is 2.57. The van der Waals surface area contributed by atoms with Gasteiger partial charge in [-0.05, 0) is 38.3 Å². The Morgan fingerprint density at radius 2 is 2.16 bits per heavy atom. The number of anilines is 1. The molecule has 3 rings (SSSR count). The van der Waals surface area contributed by atoms with E-state index in [1.807, 2.05) is 24.4 Å². The van der Waals surface area contributed by atoms with Gasteiger partial charge in [0.25, 0.3) is 0 Å². The molecule has 2 heterocycles. The van der Waals surface area contributed by atoms with Crippen molar-refractivity contribution in [1.82, 2.24) is 15.0 Å². The maximum Gasteiger partial charge on any atom is 0.136 e. The van der Waals surface area contributed by atoms with Crippen LogP contribution in [0.5, 0.6) is 0 Å². The fraction of sp³-hybridized carbons (Fsp3) is 0.400. The first-order chi connectivity index (χ1) is 9.36. The van der Waals surface area contributed by atoms with Crippen LogP contribution in [-0.2, 0) is 19.3 Å². The zero-order chi connectivity index (χ0) is 13.1. The van der Waals surface area contributed by atoms with Crippen molar-refractivity contribution in [2.75, 3.05) is 11.9 Å². The molecule has 0 unspecified atom stereocenters. The van der Waals surface area contributed by atoms with Crippen LogP contribution in [0.3, 0.4) is 0 Å². The van der Waals surface area contributed by atoms with E-state index in [0.29, 0.717) is 6.42 Å². The molecule has 0 amide bonds. The van der Waals surface area contributed by atoms with E-state index in [4.69, 9.17) is 4.98 Å². The van der Waals surface area contributed by atoms with E-state index in [1.165, 1.54) is 17.7 Å². The number of hydrogen-bond donors (Lipinski definition) is 1. The highest BCUT2D eigenvalue weighted by atomic mass is 15.0. The number of nitrogens with one attached hydrogen (secondary N) is 1. The van der Waals surface area contributed by atoms with Gasteiger partial charge in [-0.25, -0.2) is 9.97 Å². The summed E-state index contributed by atoms with van der Waals surface area (Å²) in [6, 6.07) is 5.95. The number of aryl methyl sites for hydroxylation is 1. The average Bonchev–Trinajstić information content (AvgIpc) is 2.89. The molecule has 1 aliphatic rings. The van der Waals surface area contributed by atoms with Gasteiger partial charge in [0.2, 0.25) is 0 Å². The number of rotatable bonds is 4. The lowest BCUT2D eigenvalue weighted by atomic mass is 10.2. The van der Waals surface area contributed by atoms with Crippen molar-refractivity contribution in [1.29, 1.82) is 0 Å². The second kappa shape index (κ2) is 5.34. The van der Waals surface area contributed by atoms with Crippen molar-refractivity contribution in [2.24, 2.45) is 0 Å². The first-order valence-electron chi connectivity index (χ1n) is 6.89. The number of hydrogen-bond acceptors (Lipinski definition) is 4. The van der Waals surface area contributed by atoms with E-state index in [1.54, 1.807) is 0 Å². The molecule has 0 radical (unpaired) electrons. The molecule has 0 bridgehead atoms. The highest BCUT2D eigenvalue weighted by Crippen LogP contribution is 2.26. The van der Waals surface area contributed by atoms with E-state index in [0.717, 1.165) is 36.7 Å². The van der Waals surface area contributed by atoms with Crippen molar-refractivity contribution in [3.05, 3.63) is 47.2 Å². The molecule has 2 aromatic rings. The monoisotopic (exact) mass is 254 g/mol. The largest absolute Gasteiger partial charge is 0.370 e. The maximum absolute atomic E-state index is 4.70. The van der Waals surface area contributed by atoms with Crippen molar-refractivity contribution < 1.29 is 0 Å². The van der Waals surface area contributed by atoms with Crippen molar-refractivity contribution in [3.63, 3.8) is 0 Å². The summed E-state index contributed by atoms with van der Waals surface area (Å²) in [6.07, 6.45) is 5.88. The summed E-state index contributed by atoms with van der Waals surface area (Å²) >= 11 is 0. The van der Waals surface area contributed by atoms with Crippen molar-refractivity contribution >= 4 is 5.82 Å². The van der Waals surface area contributed by atoms with Crippen LogP contribution in [0.4, 0.5) is 5.82 Å². The zero-order valence-electron chi connectivity index (χ0n) is 11.2. The average molecular weight is 254 g/mol. The fourth-order valence-electron chi connectivity index (χ4n) is 2.54. The summed E-state index contributed by atoms with van der Waals surface area (Å²) < 4.78 is 0. The third-order valence-electron chi connectivity index (χ3n) is 3.39. The predicted molar refractivity (Wildman–Crippen MR) is 75.3 cm³/mol. The number of fused-ring (bicyclic) bond motifs is 1. The van der Waals surface area contributed by atoms with Gasteiger partial charge in [0.05, 0.1) is 6.42 Å². The Hall–Kier alpha value is -1.97. The van der Waals surface area contributed by atoms with E-state index < -0.39 is 0 Å². The molecule has 1 aliphatic carbocycles. The summed E-state index contributed by atoms with van der Waals surface area (Å²) in [5, 5.41) is 3.36. The van der Waals surface area contributed by atoms with Crippen LogP contribution in [-0.4, -0.2) is 21.5 Å². The van der Waals surface area contributed by atoms with Gasteiger partial charge in [-0.3, -0.25) is 4.98 Å².